The first-order valence-electron chi connectivity index (χ1n) is 8.86. The fraction of sp³-hybridized carbons (Fsp3) is 0.333. The summed E-state index contributed by atoms with van der Waals surface area (Å²) in [6, 6.07) is 9.80. The van der Waals surface area contributed by atoms with Gasteiger partial charge in [0.25, 0.3) is 0 Å². The molecule has 1 aromatic carbocycles. The molecule has 10 heteroatoms. The maximum Gasteiger partial charge on any atom is 0.233 e. The Kier molecular flexibility index (Phi) is 6.99. The van der Waals surface area contributed by atoms with Gasteiger partial charge in [0.05, 0.1) is 17.7 Å². The van der Waals surface area contributed by atoms with Crippen molar-refractivity contribution in [1.82, 2.24) is 24.8 Å². The van der Waals surface area contributed by atoms with Gasteiger partial charge < -0.3 is 15.2 Å². The largest absolute Gasteiger partial charge is 0.440 e. The van der Waals surface area contributed by atoms with Crippen molar-refractivity contribution >= 4 is 29.4 Å². The first-order chi connectivity index (χ1) is 13.6. The Hall–Kier alpha value is -2.46. The molecule has 0 spiro atoms. The van der Waals surface area contributed by atoms with Gasteiger partial charge in [-0.3, -0.25) is 4.79 Å². The Morgan fingerprint density at radius 1 is 1.14 bits per heavy atom. The molecule has 1 amide bonds. The van der Waals surface area contributed by atoms with Crippen molar-refractivity contribution in [2.45, 2.75) is 29.9 Å². The number of thioether (sulfide) groups is 2. The van der Waals surface area contributed by atoms with Crippen LogP contribution in [0.25, 0.3) is 11.3 Å². The van der Waals surface area contributed by atoms with Crippen LogP contribution in [-0.2, 0) is 10.5 Å². The number of nitrogens with zero attached hydrogens (tertiary/aromatic N) is 5. The molecule has 3 rings (SSSR count). The molecule has 148 valence electrons. The van der Waals surface area contributed by atoms with Gasteiger partial charge in [0.15, 0.2) is 5.76 Å². The van der Waals surface area contributed by atoms with Crippen molar-refractivity contribution in [3.63, 3.8) is 0 Å². The molecule has 0 unspecified atom stereocenters. The van der Waals surface area contributed by atoms with Gasteiger partial charge in [-0.1, -0.05) is 53.9 Å². The fourth-order valence-electron chi connectivity index (χ4n) is 2.49. The number of nitrogens with two attached hydrogens (primary N) is 1. The lowest BCUT2D eigenvalue weighted by atomic mass is 10.2. The van der Waals surface area contributed by atoms with Crippen LogP contribution in [0.3, 0.4) is 0 Å². The fourth-order valence-corrected chi connectivity index (χ4v) is 4.02. The van der Waals surface area contributed by atoms with Gasteiger partial charge in [-0.15, -0.1) is 10.2 Å². The number of hydrogen-bond donors (Lipinski definition) is 1. The van der Waals surface area contributed by atoms with Crippen LogP contribution in [0.2, 0.25) is 0 Å². The molecule has 0 saturated carbocycles. The molecule has 0 radical (unpaired) electrons. The lowest BCUT2D eigenvalue weighted by molar-refractivity contribution is -0.127. The second kappa shape index (κ2) is 9.65. The topological polar surface area (TPSA) is 103 Å². The molecule has 0 bridgehead atoms. The number of carbonyl (C=O) groups excluding carboxylic acids is 1. The minimum atomic E-state index is 0.0560. The SMILES string of the molecule is CCN(CC)C(=O)CSc1nnc(SCc2ncc(-c3ccccc3)o2)n1N. The lowest BCUT2D eigenvalue weighted by Crippen LogP contribution is -2.32. The number of nitrogen functional groups attached to an aromatic ring is 1. The van der Waals surface area contributed by atoms with E-state index in [0.29, 0.717) is 35.0 Å². The van der Waals surface area contributed by atoms with Gasteiger partial charge in [0.1, 0.15) is 0 Å². The Labute approximate surface area is 171 Å². The predicted molar refractivity (Wildman–Crippen MR) is 110 cm³/mol. The van der Waals surface area contributed by atoms with E-state index in [9.17, 15) is 4.79 Å². The van der Waals surface area contributed by atoms with Gasteiger partial charge in [-0.2, -0.15) is 0 Å². The van der Waals surface area contributed by atoms with E-state index in [-0.39, 0.29) is 11.7 Å². The van der Waals surface area contributed by atoms with Crippen LogP contribution in [0, 0.1) is 0 Å². The highest BCUT2D eigenvalue weighted by molar-refractivity contribution is 8.00. The van der Waals surface area contributed by atoms with E-state index in [2.05, 4.69) is 15.2 Å². The molecule has 28 heavy (non-hydrogen) atoms. The number of carbonyl (C=O) groups is 1. The molecule has 8 nitrogen and oxygen atoms in total. The number of hydrogen-bond acceptors (Lipinski definition) is 8. The van der Waals surface area contributed by atoms with E-state index in [0.717, 1.165) is 11.3 Å². The third-order valence-corrected chi connectivity index (χ3v) is 5.87. The summed E-state index contributed by atoms with van der Waals surface area (Å²) in [5.41, 5.74) is 0.977. The number of aromatic nitrogens is 4. The van der Waals surface area contributed by atoms with E-state index < -0.39 is 0 Å². The second-order valence-electron chi connectivity index (χ2n) is 5.76. The van der Waals surface area contributed by atoms with E-state index in [4.69, 9.17) is 10.3 Å². The Morgan fingerprint density at radius 3 is 2.50 bits per heavy atom. The van der Waals surface area contributed by atoms with Crippen LogP contribution in [0.15, 0.2) is 51.3 Å². The molecule has 3 aromatic rings. The highest BCUT2D eigenvalue weighted by Gasteiger charge is 2.16. The summed E-state index contributed by atoms with van der Waals surface area (Å²) in [5, 5.41) is 9.21. The van der Waals surface area contributed by atoms with E-state index in [1.54, 1.807) is 11.1 Å². The first-order valence-corrected chi connectivity index (χ1v) is 10.8. The second-order valence-corrected chi connectivity index (χ2v) is 7.65. The molecular formula is C18H22N6O2S2. The molecule has 0 aliphatic rings. The van der Waals surface area contributed by atoms with Crippen LogP contribution in [0.4, 0.5) is 0 Å². The minimum Gasteiger partial charge on any atom is -0.440 e. The van der Waals surface area contributed by atoms with E-state index in [1.807, 2.05) is 44.2 Å². The van der Waals surface area contributed by atoms with Crippen LogP contribution < -0.4 is 5.84 Å². The minimum absolute atomic E-state index is 0.0560. The summed E-state index contributed by atoms with van der Waals surface area (Å²) in [6.45, 7) is 5.29. The van der Waals surface area contributed by atoms with Crippen molar-refractivity contribution in [2.75, 3.05) is 24.7 Å². The van der Waals surface area contributed by atoms with Crippen molar-refractivity contribution in [3.8, 4) is 11.3 Å². The third-order valence-electron chi connectivity index (χ3n) is 4.01. The van der Waals surface area contributed by atoms with Crippen molar-refractivity contribution in [2.24, 2.45) is 0 Å². The molecular weight excluding hydrogens is 396 g/mol. The smallest absolute Gasteiger partial charge is 0.233 e. The van der Waals surface area contributed by atoms with E-state index >= 15 is 0 Å². The average molecular weight is 419 g/mol. The molecule has 0 fully saturated rings. The Balaban J connectivity index is 1.56. The summed E-state index contributed by atoms with van der Waals surface area (Å²) in [4.78, 5) is 18.2. The zero-order valence-corrected chi connectivity index (χ0v) is 17.4. The Bertz CT molecular complexity index is 908. The van der Waals surface area contributed by atoms with E-state index in [1.165, 1.54) is 28.2 Å². The number of oxazole rings is 1. The zero-order valence-electron chi connectivity index (χ0n) is 15.7. The summed E-state index contributed by atoms with van der Waals surface area (Å²) >= 11 is 2.66. The average Bonchev–Trinajstić information content (AvgIpc) is 3.33. The number of benzene rings is 1. The summed E-state index contributed by atoms with van der Waals surface area (Å²) in [7, 11) is 0. The van der Waals surface area contributed by atoms with Crippen LogP contribution in [0.1, 0.15) is 19.7 Å². The summed E-state index contributed by atoms with van der Waals surface area (Å²) in [6.07, 6.45) is 1.71. The van der Waals surface area contributed by atoms with Crippen molar-refractivity contribution in [1.29, 1.82) is 0 Å². The van der Waals surface area contributed by atoms with Gasteiger partial charge in [-0.05, 0) is 13.8 Å². The maximum atomic E-state index is 12.1. The molecule has 0 saturated heterocycles. The molecule has 2 heterocycles. The van der Waals surface area contributed by atoms with Gasteiger partial charge in [0, 0.05) is 18.7 Å². The van der Waals surface area contributed by atoms with Crippen molar-refractivity contribution < 1.29 is 9.21 Å². The molecule has 0 atom stereocenters. The van der Waals surface area contributed by atoms with Crippen molar-refractivity contribution in [3.05, 3.63) is 42.4 Å². The molecule has 2 aromatic heterocycles. The van der Waals surface area contributed by atoms with Gasteiger partial charge in [-0.25, -0.2) is 9.66 Å². The molecule has 0 aliphatic heterocycles. The Morgan fingerprint density at radius 2 is 1.82 bits per heavy atom. The van der Waals surface area contributed by atoms with Crippen LogP contribution in [0.5, 0.6) is 0 Å². The van der Waals surface area contributed by atoms with Crippen LogP contribution >= 0.6 is 23.5 Å². The normalized spacial score (nSPS) is 10.9. The highest BCUT2D eigenvalue weighted by Crippen LogP contribution is 2.26. The van der Waals surface area contributed by atoms with Gasteiger partial charge >= 0.3 is 0 Å². The quantitative estimate of drug-likeness (QED) is 0.418. The summed E-state index contributed by atoms with van der Waals surface area (Å²) in [5.74, 6) is 8.18. The highest BCUT2D eigenvalue weighted by atomic mass is 32.2. The first kappa shape index (κ1) is 20.3. The number of rotatable bonds is 9. The maximum absolute atomic E-state index is 12.1. The summed E-state index contributed by atoms with van der Waals surface area (Å²) < 4.78 is 7.18. The number of amides is 1. The van der Waals surface area contributed by atoms with Crippen LogP contribution in [-0.4, -0.2) is 49.5 Å². The molecule has 2 N–H and O–H groups in total. The monoisotopic (exact) mass is 418 g/mol. The van der Waals surface area contributed by atoms with Gasteiger partial charge in [0.2, 0.25) is 22.1 Å². The predicted octanol–water partition coefficient (Wildman–Crippen LogP) is 2.90. The standard InChI is InChI=1S/C18H22N6O2S2/c1-3-23(4-2)16(25)12-28-18-22-21-17(24(18)19)27-11-15-20-10-14(26-15)13-8-6-5-7-9-13/h5-10H,3-4,11-12,19H2,1-2H3. The third kappa shape index (κ3) is 4.87. The zero-order chi connectivity index (χ0) is 19.9. The lowest BCUT2D eigenvalue weighted by Gasteiger charge is -2.17. The molecule has 0 aliphatic carbocycles.